The molecule has 2 saturated heterocycles. The molecule has 0 aliphatic carbocycles. The third-order valence-electron chi connectivity index (χ3n) is 5.35. The molecule has 23 heavy (non-hydrogen) atoms. The molecule has 1 aromatic rings. The van der Waals surface area contributed by atoms with E-state index in [1.54, 1.807) is 7.11 Å². The zero-order chi connectivity index (χ0) is 16.7. The van der Waals surface area contributed by atoms with Crippen LogP contribution in [0.25, 0.3) is 0 Å². The molecule has 0 bridgehead atoms. The first-order valence-corrected chi connectivity index (χ1v) is 8.43. The Kier molecular flexibility index (Phi) is 4.42. The third-order valence-corrected chi connectivity index (χ3v) is 5.35. The van der Waals surface area contributed by atoms with Gasteiger partial charge in [-0.2, -0.15) is 0 Å². The van der Waals surface area contributed by atoms with E-state index in [1.165, 1.54) is 0 Å². The second-order valence-corrected chi connectivity index (χ2v) is 7.43. The summed E-state index contributed by atoms with van der Waals surface area (Å²) in [6, 6.07) is 6.07. The average Bonchev–Trinajstić information content (AvgIpc) is 2.76. The number of hydrogen-bond donors (Lipinski definition) is 0. The average molecular weight is 318 g/mol. The number of pyridine rings is 1. The number of ether oxygens (including phenoxy) is 1. The molecule has 0 unspecified atom stereocenters. The second kappa shape index (κ2) is 6.08. The van der Waals surface area contributed by atoms with E-state index in [0.717, 1.165) is 37.3 Å². The molecular formula is C17H27BN2O3. The van der Waals surface area contributed by atoms with Crippen LogP contribution in [0.4, 0.5) is 5.82 Å². The molecule has 2 fully saturated rings. The number of methoxy groups -OCH3 is 1. The van der Waals surface area contributed by atoms with E-state index in [2.05, 4.69) is 38.7 Å². The lowest BCUT2D eigenvalue weighted by Crippen LogP contribution is -2.41. The zero-order valence-corrected chi connectivity index (χ0v) is 14.8. The Hall–Kier alpha value is -1.11. The first-order valence-electron chi connectivity index (χ1n) is 8.43. The van der Waals surface area contributed by atoms with Gasteiger partial charge in [-0.1, -0.05) is 6.07 Å². The highest BCUT2D eigenvalue weighted by atomic mass is 16.7. The van der Waals surface area contributed by atoms with Gasteiger partial charge in [0.1, 0.15) is 5.82 Å². The van der Waals surface area contributed by atoms with Crippen molar-refractivity contribution in [1.29, 1.82) is 0 Å². The van der Waals surface area contributed by atoms with Crippen LogP contribution in [0.3, 0.4) is 0 Å². The van der Waals surface area contributed by atoms with Gasteiger partial charge in [0.2, 0.25) is 0 Å². The van der Waals surface area contributed by atoms with Crippen LogP contribution in [0.2, 0.25) is 0 Å². The maximum atomic E-state index is 6.10. The second-order valence-electron chi connectivity index (χ2n) is 7.43. The number of aromatic nitrogens is 1. The summed E-state index contributed by atoms with van der Waals surface area (Å²) >= 11 is 0. The number of anilines is 1. The SMILES string of the molecule is COC1CCN(c2cccc(B3OC(C)(C)C(C)(C)O3)n2)CC1. The molecular weight excluding hydrogens is 291 g/mol. The Morgan fingerprint density at radius 2 is 1.74 bits per heavy atom. The minimum absolute atomic E-state index is 0.341. The van der Waals surface area contributed by atoms with Crippen molar-refractivity contribution in [3.05, 3.63) is 18.2 Å². The minimum Gasteiger partial charge on any atom is -0.398 e. The van der Waals surface area contributed by atoms with E-state index in [0.29, 0.717) is 6.10 Å². The fourth-order valence-corrected chi connectivity index (χ4v) is 3.03. The van der Waals surface area contributed by atoms with E-state index in [-0.39, 0.29) is 11.2 Å². The zero-order valence-electron chi connectivity index (χ0n) is 14.8. The van der Waals surface area contributed by atoms with Gasteiger partial charge >= 0.3 is 7.12 Å². The van der Waals surface area contributed by atoms with Crippen LogP contribution in [0, 0.1) is 0 Å². The van der Waals surface area contributed by atoms with Crippen molar-refractivity contribution in [2.45, 2.75) is 57.8 Å². The summed E-state index contributed by atoms with van der Waals surface area (Å²) < 4.78 is 17.6. The lowest BCUT2D eigenvalue weighted by Gasteiger charge is -2.32. The molecule has 0 saturated carbocycles. The first-order chi connectivity index (χ1) is 10.8. The molecule has 0 spiro atoms. The van der Waals surface area contributed by atoms with Crippen LogP contribution in [0.1, 0.15) is 40.5 Å². The van der Waals surface area contributed by atoms with Crippen molar-refractivity contribution in [3.8, 4) is 0 Å². The molecule has 126 valence electrons. The van der Waals surface area contributed by atoms with Gasteiger partial charge < -0.3 is 18.9 Å². The monoisotopic (exact) mass is 318 g/mol. The van der Waals surface area contributed by atoms with Crippen molar-refractivity contribution < 1.29 is 14.0 Å². The van der Waals surface area contributed by atoms with Crippen LogP contribution >= 0.6 is 0 Å². The van der Waals surface area contributed by atoms with E-state index in [1.807, 2.05) is 12.1 Å². The maximum Gasteiger partial charge on any atom is 0.514 e. The topological polar surface area (TPSA) is 43.8 Å². The molecule has 6 heteroatoms. The third kappa shape index (κ3) is 3.25. The Bertz CT molecular complexity index is 541. The van der Waals surface area contributed by atoms with Gasteiger partial charge in [0.25, 0.3) is 0 Å². The lowest BCUT2D eigenvalue weighted by molar-refractivity contribution is 0.00578. The number of rotatable bonds is 3. The first kappa shape index (κ1) is 16.7. The van der Waals surface area contributed by atoms with Crippen LogP contribution < -0.4 is 10.5 Å². The molecule has 0 atom stereocenters. The van der Waals surface area contributed by atoms with Gasteiger partial charge in [0.15, 0.2) is 0 Å². The highest BCUT2D eigenvalue weighted by Gasteiger charge is 2.52. The van der Waals surface area contributed by atoms with Crippen LogP contribution in [-0.2, 0) is 14.0 Å². The van der Waals surface area contributed by atoms with E-state index < -0.39 is 7.12 Å². The summed E-state index contributed by atoms with van der Waals surface area (Å²) in [5.41, 5.74) is 0.160. The number of piperidine rings is 1. The summed E-state index contributed by atoms with van der Waals surface area (Å²) in [5, 5.41) is 0. The fourth-order valence-electron chi connectivity index (χ4n) is 3.03. The summed E-state index contributed by atoms with van der Waals surface area (Å²) in [7, 11) is 1.38. The highest BCUT2D eigenvalue weighted by molar-refractivity contribution is 6.61. The Morgan fingerprint density at radius 3 is 2.30 bits per heavy atom. The molecule has 3 rings (SSSR count). The number of hydrogen-bond acceptors (Lipinski definition) is 5. The molecule has 0 radical (unpaired) electrons. The van der Waals surface area contributed by atoms with E-state index in [4.69, 9.17) is 19.0 Å². The molecule has 2 aliphatic heterocycles. The predicted octanol–water partition coefficient (Wildman–Crippen LogP) is 2.00. The normalized spacial score (nSPS) is 24.2. The van der Waals surface area contributed by atoms with Gasteiger partial charge in [-0.3, -0.25) is 0 Å². The Morgan fingerprint density at radius 1 is 1.13 bits per heavy atom. The standard InChI is InChI=1S/C17H27BN2O3/c1-16(2)17(3,4)23-18(22-16)14-7-6-8-15(19-14)20-11-9-13(21-5)10-12-20/h6-8,13H,9-12H2,1-5H3. The van der Waals surface area contributed by atoms with Crippen LogP contribution in [-0.4, -0.2) is 49.6 Å². The summed E-state index contributed by atoms with van der Waals surface area (Å²) in [6.07, 6.45) is 2.45. The Balaban J connectivity index is 1.74. The molecule has 0 N–H and O–H groups in total. The lowest BCUT2D eigenvalue weighted by atomic mass is 9.84. The maximum absolute atomic E-state index is 6.10. The molecule has 3 heterocycles. The molecule has 0 amide bonds. The largest absolute Gasteiger partial charge is 0.514 e. The van der Waals surface area contributed by atoms with Gasteiger partial charge in [-0.25, -0.2) is 4.98 Å². The van der Waals surface area contributed by atoms with Crippen molar-refractivity contribution in [1.82, 2.24) is 4.98 Å². The molecule has 5 nitrogen and oxygen atoms in total. The van der Waals surface area contributed by atoms with Crippen molar-refractivity contribution >= 4 is 18.5 Å². The predicted molar refractivity (Wildman–Crippen MR) is 92.2 cm³/mol. The van der Waals surface area contributed by atoms with Gasteiger partial charge in [-0.15, -0.1) is 0 Å². The highest BCUT2D eigenvalue weighted by Crippen LogP contribution is 2.36. The fraction of sp³-hybridized carbons (Fsp3) is 0.706. The van der Waals surface area contributed by atoms with Crippen molar-refractivity contribution in [3.63, 3.8) is 0 Å². The van der Waals surface area contributed by atoms with E-state index >= 15 is 0 Å². The van der Waals surface area contributed by atoms with Gasteiger partial charge in [-0.05, 0) is 52.7 Å². The molecule has 1 aromatic heterocycles. The quantitative estimate of drug-likeness (QED) is 0.798. The smallest absolute Gasteiger partial charge is 0.398 e. The van der Waals surface area contributed by atoms with E-state index in [9.17, 15) is 0 Å². The van der Waals surface area contributed by atoms with Gasteiger partial charge in [0.05, 0.1) is 22.9 Å². The molecule has 2 aliphatic rings. The summed E-state index contributed by atoms with van der Waals surface area (Å²) in [5.74, 6) is 0.992. The van der Waals surface area contributed by atoms with Crippen LogP contribution in [0.5, 0.6) is 0 Å². The molecule has 0 aromatic carbocycles. The minimum atomic E-state index is -0.406. The van der Waals surface area contributed by atoms with Gasteiger partial charge in [0, 0.05) is 20.2 Å². The summed E-state index contributed by atoms with van der Waals surface area (Å²) in [4.78, 5) is 7.11. The number of nitrogens with zero attached hydrogens (tertiary/aromatic N) is 2. The van der Waals surface area contributed by atoms with Crippen LogP contribution in [0.15, 0.2) is 18.2 Å². The van der Waals surface area contributed by atoms with Crippen molar-refractivity contribution in [2.75, 3.05) is 25.1 Å². The Labute approximate surface area is 139 Å². The summed E-state index contributed by atoms with van der Waals surface area (Å²) in [6.45, 7) is 10.2. The van der Waals surface area contributed by atoms with Crippen molar-refractivity contribution in [2.24, 2.45) is 0 Å².